The van der Waals surface area contributed by atoms with Gasteiger partial charge >= 0.3 is 0 Å². The van der Waals surface area contributed by atoms with Gasteiger partial charge in [0.1, 0.15) is 0 Å². The summed E-state index contributed by atoms with van der Waals surface area (Å²) >= 11 is 0. The molecule has 220 valence electrons. The van der Waals surface area contributed by atoms with Gasteiger partial charge in [-0.25, -0.2) is 9.97 Å². The highest BCUT2D eigenvalue weighted by atomic mass is 14.8. The minimum absolute atomic E-state index is 0.0637. The molecule has 4 nitrogen and oxygen atoms in total. The lowest BCUT2D eigenvalue weighted by Crippen LogP contribution is -2.14. The third kappa shape index (κ3) is 4.45. The van der Waals surface area contributed by atoms with E-state index in [9.17, 15) is 0 Å². The summed E-state index contributed by atoms with van der Waals surface area (Å²) in [5.41, 5.74) is 14.8. The standard InChI is InChI=1S/C42H32N4/c1-5-44-39-25-29(18-22-38(39)43-4)28-9-8-10-30(23-28)36-20-16-26-13-14-27-17-21-37(46-41(27)40(26)45-36)31-15-19-33-32-11-6-7-12-34(32)42(2,3)35(33)24-31/h5-25H,4H2,1-3H3. The van der Waals surface area contributed by atoms with Gasteiger partial charge in [-0.05, 0) is 83.4 Å². The van der Waals surface area contributed by atoms with E-state index in [0.717, 1.165) is 66.8 Å². The Hall–Kier alpha value is -5.74. The third-order valence-electron chi connectivity index (χ3n) is 9.30. The summed E-state index contributed by atoms with van der Waals surface area (Å²) in [7, 11) is 0. The summed E-state index contributed by atoms with van der Waals surface area (Å²) in [5.74, 6) is 0. The third-order valence-corrected chi connectivity index (χ3v) is 9.30. The van der Waals surface area contributed by atoms with Gasteiger partial charge in [-0.1, -0.05) is 98.8 Å². The molecule has 1 aliphatic rings. The summed E-state index contributed by atoms with van der Waals surface area (Å²) < 4.78 is 0. The maximum atomic E-state index is 5.25. The number of fused-ring (bicyclic) bond motifs is 6. The van der Waals surface area contributed by atoms with Crippen molar-refractivity contribution < 1.29 is 0 Å². The van der Waals surface area contributed by atoms with Crippen LogP contribution in [-0.4, -0.2) is 22.9 Å². The average Bonchev–Trinajstić information content (AvgIpc) is 3.33. The molecule has 0 amide bonds. The predicted octanol–water partition coefficient (Wildman–Crippen LogP) is 11.1. The summed E-state index contributed by atoms with van der Waals surface area (Å²) in [6.45, 7) is 10.2. The molecule has 1 aliphatic carbocycles. The van der Waals surface area contributed by atoms with Crippen LogP contribution >= 0.6 is 0 Å². The minimum atomic E-state index is -0.0637. The van der Waals surface area contributed by atoms with Crippen LogP contribution < -0.4 is 0 Å². The van der Waals surface area contributed by atoms with Gasteiger partial charge in [0.25, 0.3) is 0 Å². The second-order valence-electron chi connectivity index (χ2n) is 12.4. The van der Waals surface area contributed by atoms with Crippen molar-refractivity contribution in [3.05, 3.63) is 132 Å². The molecule has 2 heterocycles. The van der Waals surface area contributed by atoms with Crippen LogP contribution in [0.25, 0.3) is 66.6 Å². The first-order valence-corrected chi connectivity index (χ1v) is 15.6. The van der Waals surface area contributed by atoms with Crippen LogP contribution in [0.4, 0.5) is 11.4 Å². The SMILES string of the molecule is C=Nc1ccc(-c2cccc(-c3ccc4ccc5ccc(-c6ccc7c(c6)C(C)(C)c6ccccc6-7)nc5c4n3)c2)cc1N=CC. The molecule has 0 saturated heterocycles. The van der Waals surface area contributed by atoms with Crippen molar-refractivity contribution in [2.45, 2.75) is 26.2 Å². The minimum Gasteiger partial charge on any atom is -0.262 e. The van der Waals surface area contributed by atoms with Crippen LogP contribution in [0.5, 0.6) is 0 Å². The number of nitrogens with zero attached hydrogens (tertiary/aromatic N) is 4. The van der Waals surface area contributed by atoms with Gasteiger partial charge in [-0.2, -0.15) is 0 Å². The van der Waals surface area contributed by atoms with Gasteiger partial charge in [0, 0.05) is 33.5 Å². The number of hydrogen-bond donors (Lipinski definition) is 0. The molecule has 0 saturated carbocycles. The zero-order valence-corrected chi connectivity index (χ0v) is 26.1. The molecule has 0 atom stereocenters. The van der Waals surface area contributed by atoms with Crippen molar-refractivity contribution in [2.75, 3.05) is 0 Å². The maximum absolute atomic E-state index is 5.25. The van der Waals surface area contributed by atoms with Gasteiger partial charge in [0.05, 0.1) is 33.8 Å². The first-order chi connectivity index (χ1) is 22.4. The average molecular weight is 593 g/mol. The highest BCUT2D eigenvalue weighted by Gasteiger charge is 2.35. The van der Waals surface area contributed by atoms with E-state index in [-0.39, 0.29) is 5.41 Å². The molecular weight excluding hydrogens is 560 g/mol. The van der Waals surface area contributed by atoms with Gasteiger partial charge < -0.3 is 0 Å². The molecule has 0 unspecified atom stereocenters. The van der Waals surface area contributed by atoms with Crippen molar-refractivity contribution in [2.24, 2.45) is 9.98 Å². The number of aromatic nitrogens is 2. The molecule has 46 heavy (non-hydrogen) atoms. The topological polar surface area (TPSA) is 50.5 Å². The molecule has 7 aromatic rings. The Labute approximate surface area is 268 Å². The number of pyridine rings is 2. The van der Waals surface area contributed by atoms with E-state index < -0.39 is 0 Å². The van der Waals surface area contributed by atoms with Crippen LogP contribution in [0.15, 0.2) is 131 Å². The Balaban J connectivity index is 1.21. The van der Waals surface area contributed by atoms with E-state index in [2.05, 4.69) is 146 Å². The monoisotopic (exact) mass is 592 g/mol. The lowest BCUT2D eigenvalue weighted by Gasteiger charge is -2.21. The molecule has 0 fully saturated rings. The van der Waals surface area contributed by atoms with Crippen molar-refractivity contribution >= 4 is 46.1 Å². The van der Waals surface area contributed by atoms with Crippen LogP contribution in [-0.2, 0) is 5.41 Å². The van der Waals surface area contributed by atoms with E-state index >= 15 is 0 Å². The maximum Gasteiger partial charge on any atom is 0.0972 e. The molecule has 0 spiro atoms. The lowest BCUT2D eigenvalue weighted by atomic mass is 9.82. The lowest BCUT2D eigenvalue weighted by molar-refractivity contribution is 0.660. The summed E-state index contributed by atoms with van der Waals surface area (Å²) in [6, 6.07) is 42.9. The molecule has 0 bridgehead atoms. The van der Waals surface area contributed by atoms with E-state index in [1.807, 2.05) is 13.0 Å². The largest absolute Gasteiger partial charge is 0.262 e. The number of rotatable bonds is 5. The Morgan fingerprint density at radius 3 is 1.89 bits per heavy atom. The number of benzene rings is 5. The van der Waals surface area contributed by atoms with E-state index in [1.54, 1.807) is 6.21 Å². The summed E-state index contributed by atoms with van der Waals surface area (Å²) in [6.07, 6.45) is 1.77. The first kappa shape index (κ1) is 27.8. The Kier molecular flexibility index (Phi) is 6.47. The molecule has 0 N–H and O–H groups in total. The summed E-state index contributed by atoms with van der Waals surface area (Å²) in [4.78, 5) is 19.1. The number of hydrogen-bond acceptors (Lipinski definition) is 4. The molecule has 0 aliphatic heterocycles. The predicted molar refractivity (Wildman–Crippen MR) is 194 cm³/mol. The van der Waals surface area contributed by atoms with Crippen LogP contribution in [0.1, 0.15) is 31.9 Å². The normalized spacial score (nSPS) is 13.3. The zero-order valence-electron chi connectivity index (χ0n) is 26.1. The fourth-order valence-corrected chi connectivity index (χ4v) is 6.89. The Bertz CT molecular complexity index is 2380. The molecule has 8 rings (SSSR count). The highest BCUT2D eigenvalue weighted by Crippen LogP contribution is 2.49. The second kappa shape index (κ2) is 10.7. The van der Waals surface area contributed by atoms with Crippen LogP contribution in [0.3, 0.4) is 0 Å². The fraction of sp³-hybridized carbons (Fsp3) is 0.0952. The molecular formula is C42H32N4. The smallest absolute Gasteiger partial charge is 0.0972 e. The zero-order chi connectivity index (χ0) is 31.4. The quantitative estimate of drug-likeness (QED) is 0.147. The van der Waals surface area contributed by atoms with Gasteiger partial charge in [0.15, 0.2) is 0 Å². The fourth-order valence-electron chi connectivity index (χ4n) is 6.89. The molecule has 5 aromatic carbocycles. The van der Waals surface area contributed by atoms with Crippen molar-refractivity contribution in [3.63, 3.8) is 0 Å². The van der Waals surface area contributed by atoms with Crippen molar-refractivity contribution in [1.29, 1.82) is 0 Å². The Morgan fingerprint density at radius 2 is 1.17 bits per heavy atom. The second-order valence-corrected chi connectivity index (χ2v) is 12.4. The van der Waals surface area contributed by atoms with Crippen molar-refractivity contribution in [1.82, 2.24) is 9.97 Å². The number of aliphatic imine (C=N–C) groups is 2. The summed E-state index contributed by atoms with van der Waals surface area (Å²) in [5, 5.41) is 2.14. The first-order valence-electron chi connectivity index (χ1n) is 15.6. The van der Waals surface area contributed by atoms with Crippen LogP contribution in [0.2, 0.25) is 0 Å². The van der Waals surface area contributed by atoms with Crippen LogP contribution in [0, 0.1) is 0 Å². The van der Waals surface area contributed by atoms with E-state index in [1.165, 1.54) is 22.3 Å². The highest BCUT2D eigenvalue weighted by molar-refractivity contribution is 6.04. The molecule has 4 heteroatoms. The molecule has 2 aromatic heterocycles. The van der Waals surface area contributed by atoms with Gasteiger partial charge in [0.2, 0.25) is 0 Å². The molecule has 0 radical (unpaired) electrons. The Morgan fingerprint density at radius 1 is 0.565 bits per heavy atom. The van der Waals surface area contributed by atoms with E-state index in [4.69, 9.17) is 9.97 Å². The van der Waals surface area contributed by atoms with E-state index in [0.29, 0.717) is 0 Å². The van der Waals surface area contributed by atoms with Crippen molar-refractivity contribution in [3.8, 4) is 44.8 Å². The van der Waals surface area contributed by atoms with Gasteiger partial charge in [-0.15, -0.1) is 0 Å². The van der Waals surface area contributed by atoms with Gasteiger partial charge in [-0.3, -0.25) is 9.98 Å².